The van der Waals surface area contributed by atoms with Crippen LogP contribution in [0.5, 0.6) is 0 Å². The fourth-order valence-corrected chi connectivity index (χ4v) is 3.03. The van der Waals surface area contributed by atoms with Crippen molar-refractivity contribution < 1.29 is 32.6 Å². The number of allylic oxidation sites excluding steroid dienone is 1. The van der Waals surface area contributed by atoms with Crippen LogP contribution in [0.25, 0.3) is 0 Å². The zero-order valence-corrected chi connectivity index (χ0v) is 13.5. The van der Waals surface area contributed by atoms with Crippen molar-refractivity contribution in [1.29, 1.82) is 0 Å². The van der Waals surface area contributed by atoms with Gasteiger partial charge in [0, 0.05) is 0 Å². The number of unbranched alkanes of at least 4 members (excludes halogenated alkanes) is 7. The largest absolute Gasteiger partial charge is 0.535 e. The van der Waals surface area contributed by atoms with Gasteiger partial charge in [0.1, 0.15) is 0 Å². The summed E-state index contributed by atoms with van der Waals surface area (Å²) in [5, 5.41) is 0. The molecular weight excluding hydrogens is 306 g/mol. The van der Waals surface area contributed by atoms with E-state index >= 15 is 0 Å². The second-order valence-electron chi connectivity index (χ2n) is 4.43. The van der Waals surface area contributed by atoms with E-state index in [9.17, 15) is 9.13 Å². The Morgan fingerprint density at radius 2 is 1.50 bits per heavy atom. The highest BCUT2D eigenvalue weighted by Gasteiger charge is 2.32. The van der Waals surface area contributed by atoms with E-state index in [4.69, 9.17) is 14.7 Å². The van der Waals surface area contributed by atoms with Crippen molar-refractivity contribution in [2.45, 2.75) is 58.3 Å². The topological polar surface area (TPSA) is 113 Å². The van der Waals surface area contributed by atoms with Crippen molar-refractivity contribution in [3.63, 3.8) is 0 Å². The van der Waals surface area contributed by atoms with Crippen LogP contribution in [0.15, 0.2) is 12.3 Å². The molecule has 0 bridgehead atoms. The van der Waals surface area contributed by atoms with E-state index in [1.165, 1.54) is 31.8 Å². The lowest BCUT2D eigenvalue weighted by Crippen LogP contribution is -1.88. The molecule has 0 aliphatic rings. The zero-order valence-electron chi connectivity index (χ0n) is 11.7. The number of phosphoric ester groups is 1. The Morgan fingerprint density at radius 3 is 2.05 bits per heavy atom. The van der Waals surface area contributed by atoms with Crippen LogP contribution in [0.2, 0.25) is 0 Å². The highest BCUT2D eigenvalue weighted by molar-refractivity contribution is 7.60. The Morgan fingerprint density at radius 1 is 0.950 bits per heavy atom. The molecule has 120 valence electrons. The molecule has 9 heteroatoms. The number of hydrogen-bond acceptors (Lipinski definition) is 4. The Labute approximate surface area is 119 Å². The molecule has 0 radical (unpaired) electrons. The second-order valence-corrected chi connectivity index (χ2v) is 7.21. The normalized spacial score (nSPS) is 15.4. The zero-order chi connectivity index (χ0) is 15.5. The summed E-state index contributed by atoms with van der Waals surface area (Å²) >= 11 is 0. The van der Waals surface area contributed by atoms with Crippen LogP contribution < -0.4 is 0 Å². The van der Waals surface area contributed by atoms with E-state index in [1.807, 2.05) is 0 Å². The average molecular weight is 330 g/mol. The van der Waals surface area contributed by atoms with Crippen molar-refractivity contribution in [3.05, 3.63) is 12.3 Å². The highest BCUT2D eigenvalue weighted by atomic mass is 31.3. The van der Waals surface area contributed by atoms with E-state index in [-0.39, 0.29) is 0 Å². The molecule has 1 unspecified atom stereocenters. The smallest absolute Gasteiger partial charge is 0.412 e. The van der Waals surface area contributed by atoms with Crippen molar-refractivity contribution >= 4 is 15.6 Å². The van der Waals surface area contributed by atoms with Gasteiger partial charge in [0.2, 0.25) is 0 Å². The lowest BCUT2D eigenvalue weighted by Gasteiger charge is -2.09. The molecule has 0 aromatic rings. The lowest BCUT2D eigenvalue weighted by molar-refractivity contribution is 0.216. The maximum Gasteiger partial charge on any atom is 0.535 e. The molecule has 1 atom stereocenters. The van der Waals surface area contributed by atoms with Crippen molar-refractivity contribution in [2.75, 3.05) is 0 Å². The lowest BCUT2D eigenvalue weighted by atomic mass is 10.1. The van der Waals surface area contributed by atoms with E-state index in [1.54, 1.807) is 0 Å². The summed E-state index contributed by atoms with van der Waals surface area (Å²) in [4.78, 5) is 25.7. The summed E-state index contributed by atoms with van der Waals surface area (Å²) in [7, 11) is -9.78. The molecule has 0 aromatic carbocycles. The Hall–Kier alpha value is -0.160. The van der Waals surface area contributed by atoms with Crippen molar-refractivity contribution in [3.8, 4) is 0 Å². The quantitative estimate of drug-likeness (QED) is 0.283. The maximum atomic E-state index is 11.0. The minimum absolute atomic E-state index is 0.670. The Balaban J connectivity index is 3.62. The molecule has 0 fully saturated rings. The first kappa shape index (κ1) is 19.8. The number of phosphoric acid groups is 2. The molecule has 0 aliphatic carbocycles. The number of hydrogen-bond donors (Lipinski definition) is 3. The van der Waals surface area contributed by atoms with Gasteiger partial charge in [0.15, 0.2) is 0 Å². The van der Waals surface area contributed by atoms with Gasteiger partial charge in [-0.15, -0.1) is 0 Å². The van der Waals surface area contributed by atoms with E-state index in [0.717, 1.165) is 25.5 Å². The molecule has 0 aliphatic heterocycles. The molecule has 0 rings (SSSR count). The summed E-state index contributed by atoms with van der Waals surface area (Å²) in [5.41, 5.74) is 0. The third kappa shape index (κ3) is 14.3. The Kier molecular flexibility index (Phi) is 10.5. The van der Waals surface area contributed by atoms with Crippen LogP contribution >= 0.6 is 15.6 Å². The van der Waals surface area contributed by atoms with Gasteiger partial charge in [-0.3, -0.25) is 4.89 Å². The second kappa shape index (κ2) is 10.6. The molecule has 0 amide bonds. The van der Waals surface area contributed by atoms with E-state index in [0.29, 0.717) is 6.42 Å². The molecule has 0 saturated heterocycles. The predicted molar refractivity (Wildman–Crippen MR) is 75.8 cm³/mol. The van der Waals surface area contributed by atoms with Crippen molar-refractivity contribution in [1.82, 2.24) is 0 Å². The molecular formula is C11H24O7P2. The molecule has 0 spiro atoms. The molecule has 0 aromatic heterocycles. The van der Waals surface area contributed by atoms with E-state index < -0.39 is 15.6 Å². The van der Waals surface area contributed by atoms with Gasteiger partial charge in [-0.2, -0.15) is 4.31 Å². The summed E-state index contributed by atoms with van der Waals surface area (Å²) in [6.45, 7) is 2.17. The number of rotatable bonds is 12. The van der Waals surface area contributed by atoms with Crippen LogP contribution in [0.3, 0.4) is 0 Å². The first-order valence-corrected chi connectivity index (χ1v) is 9.72. The molecule has 0 heterocycles. The van der Waals surface area contributed by atoms with Gasteiger partial charge < -0.3 is 14.3 Å². The van der Waals surface area contributed by atoms with Crippen LogP contribution in [0, 0.1) is 0 Å². The van der Waals surface area contributed by atoms with Crippen LogP contribution in [0.1, 0.15) is 58.3 Å². The summed E-state index contributed by atoms with van der Waals surface area (Å²) in [6.07, 6.45) is 11.3. The monoisotopic (exact) mass is 330 g/mol. The fraction of sp³-hybridized carbons (Fsp3) is 0.818. The summed E-state index contributed by atoms with van der Waals surface area (Å²) in [5.74, 6) is 0. The minimum atomic E-state index is -5.04. The van der Waals surface area contributed by atoms with Gasteiger partial charge >= 0.3 is 15.6 Å². The third-order valence-electron chi connectivity index (χ3n) is 2.47. The van der Waals surface area contributed by atoms with Crippen LogP contribution in [-0.4, -0.2) is 14.7 Å². The highest BCUT2D eigenvalue weighted by Crippen LogP contribution is 2.57. The molecule has 3 N–H and O–H groups in total. The van der Waals surface area contributed by atoms with Gasteiger partial charge in [-0.25, -0.2) is 9.13 Å². The molecule has 7 nitrogen and oxygen atoms in total. The summed E-state index contributed by atoms with van der Waals surface area (Å²) in [6, 6.07) is 0. The summed E-state index contributed by atoms with van der Waals surface area (Å²) < 4.78 is 29.3. The van der Waals surface area contributed by atoms with Crippen LogP contribution in [-0.2, 0) is 18.0 Å². The molecule has 0 saturated carbocycles. The van der Waals surface area contributed by atoms with Crippen LogP contribution in [0.4, 0.5) is 0 Å². The van der Waals surface area contributed by atoms with Gasteiger partial charge in [-0.05, 0) is 18.9 Å². The standard InChI is InChI=1S/C11H24O7P2/c1-2-3-4-5-6-7-8-9-10-11-17-20(15,16)18-19(12,13)14/h10-11H,2-9H2,1H3,(H,15,16)(H2,12,13,14). The van der Waals surface area contributed by atoms with Gasteiger partial charge in [0.25, 0.3) is 0 Å². The minimum Gasteiger partial charge on any atom is -0.412 e. The third-order valence-corrected chi connectivity index (χ3v) is 4.54. The van der Waals surface area contributed by atoms with Gasteiger partial charge in [-0.1, -0.05) is 45.4 Å². The predicted octanol–water partition coefficient (Wildman–Crippen LogP) is 3.87. The maximum absolute atomic E-state index is 11.0. The SMILES string of the molecule is CCCCCCCCCC=COP(=O)(O)OP(=O)(O)O. The van der Waals surface area contributed by atoms with Gasteiger partial charge in [0.05, 0.1) is 6.26 Å². The van der Waals surface area contributed by atoms with Crippen molar-refractivity contribution in [2.24, 2.45) is 0 Å². The first-order valence-electron chi connectivity index (χ1n) is 6.70. The molecule has 20 heavy (non-hydrogen) atoms. The Bertz CT molecular complexity index is 364. The average Bonchev–Trinajstić information content (AvgIpc) is 2.28. The van der Waals surface area contributed by atoms with E-state index in [2.05, 4.69) is 15.8 Å². The first-order chi connectivity index (χ1) is 9.27. The fourth-order valence-electron chi connectivity index (χ4n) is 1.56.